The van der Waals surface area contributed by atoms with Crippen molar-refractivity contribution in [3.05, 3.63) is 42.1 Å². The van der Waals surface area contributed by atoms with Crippen LogP contribution in [0.5, 0.6) is 0 Å². The molecular weight excluding hydrogens is 441 g/mol. The third-order valence-corrected chi connectivity index (χ3v) is 4.88. The molecule has 1 N–H and O–H groups in total. The third-order valence-electron chi connectivity index (χ3n) is 4.88. The topological polar surface area (TPSA) is 63.9 Å². The number of ether oxygens (including phenoxy) is 1. The molecule has 1 radical (unpaired) electrons. The summed E-state index contributed by atoms with van der Waals surface area (Å²) in [6.45, 7) is 14.3. The Balaban J connectivity index is 0.000000501. The van der Waals surface area contributed by atoms with Gasteiger partial charge in [0.2, 0.25) is 0 Å². The van der Waals surface area contributed by atoms with Crippen molar-refractivity contribution < 1.29 is 47.3 Å². The van der Waals surface area contributed by atoms with Crippen LogP contribution in [0.25, 0.3) is 5.32 Å². The van der Waals surface area contributed by atoms with Gasteiger partial charge in [0.05, 0.1) is 5.56 Å². The van der Waals surface area contributed by atoms with E-state index in [1.807, 2.05) is 32.9 Å². The fraction of sp³-hybridized carbons (Fsp3) is 0.652. The summed E-state index contributed by atoms with van der Waals surface area (Å²) in [5.41, 5.74) is 1.41. The van der Waals surface area contributed by atoms with Crippen LogP contribution in [0.1, 0.15) is 63.2 Å². The van der Waals surface area contributed by atoms with Crippen molar-refractivity contribution in [3.63, 3.8) is 0 Å². The molecule has 0 aromatic heterocycles. The third kappa shape index (κ3) is 12.1. The van der Waals surface area contributed by atoms with Crippen LogP contribution in [0.3, 0.4) is 0 Å². The molecule has 6 heteroatoms. The quantitative estimate of drug-likeness (QED) is 0.574. The second-order valence-electron chi connectivity index (χ2n) is 7.16. The van der Waals surface area contributed by atoms with Gasteiger partial charge < -0.3 is 27.0 Å². The first kappa shape index (κ1) is 28.5. The zero-order valence-corrected chi connectivity index (χ0v) is 21.3. The predicted molar refractivity (Wildman–Crippen MR) is 117 cm³/mol. The Morgan fingerprint density at radius 1 is 1.17 bits per heavy atom. The van der Waals surface area contributed by atoms with Crippen molar-refractivity contribution in [3.8, 4) is 0 Å². The first-order valence-electron chi connectivity index (χ1n) is 10.7. The van der Waals surface area contributed by atoms with Gasteiger partial charge in [0.25, 0.3) is 0 Å². The van der Waals surface area contributed by atoms with Crippen molar-refractivity contribution >= 4 is 11.7 Å². The summed E-state index contributed by atoms with van der Waals surface area (Å²) in [6.07, 6.45) is 7.13. The largest absolute Gasteiger partial charge is 0.659 e. The zero-order valence-electron chi connectivity index (χ0n) is 18.5. The number of carboxylic acids is 1. The number of piperazine rings is 1. The number of hydrogen-bond acceptors (Lipinski definition) is 3. The van der Waals surface area contributed by atoms with Crippen LogP contribution in [0, 0.1) is 12.8 Å². The Kier molecular flexibility index (Phi) is 16.9. The molecule has 1 aromatic carbocycles. The minimum absolute atomic E-state index is 0. The molecule has 2 fully saturated rings. The van der Waals surface area contributed by atoms with Gasteiger partial charge >= 0.3 is 5.97 Å². The van der Waals surface area contributed by atoms with Gasteiger partial charge in [-0.1, -0.05) is 46.1 Å². The second-order valence-corrected chi connectivity index (χ2v) is 7.16. The number of nitrogens with zero attached hydrogens (tertiary/aromatic N) is 2. The molecular formula is C23H38N2O3Y-2. The number of anilines is 1. The second kappa shape index (κ2) is 17.2. The number of hydrogen-bond donors (Lipinski definition) is 1. The fourth-order valence-corrected chi connectivity index (χ4v) is 3.33. The van der Waals surface area contributed by atoms with Gasteiger partial charge in [-0.3, -0.25) is 0 Å². The zero-order chi connectivity index (χ0) is 20.8. The predicted octanol–water partition coefficient (Wildman–Crippen LogP) is 5.41. The van der Waals surface area contributed by atoms with Crippen molar-refractivity contribution in [2.45, 2.75) is 59.0 Å². The van der Waals surface area contributed by atoms with Crippen LogP contribution in [-0.4, -0.2) is 50.0 Å². The Morgan fingerprint density at radius 3 is 2.21 bits per heavy atom. The van der Waals surface area contributed by atoms with Crippen LogP contribution in [0.15, 0.2) is 24.3 Å². The maximum absolute atomic E-state index is 10.7. The molecule has 1 aliphatic carbocycles. The van der Waals surface area contributed by atoms with Crippen molar-refractivity contribution in [2.24, 2.45) is 5.92 Å². The van der Waals surface area contributed by atoms with Gasteiger partial charge in [-0.2, -0.15) is 0 Å². The van der Waals surface area contributed by atoms with E-state index >= 15 is 0 Å². The summed E-state index contributed by atoms with van der Waals surface area (Å²) >= 11 is 0. The number of aromatic carboxylic acids is 1. The smallest absolute Gasteiger partial charge is 0.335 e. The standard InChI is InChI=1S/C11H13N2O2.C10H19O.C2H6.Y/c14-11(15)9-1-3-10(4-2-9)13-7-5-12-6-8-13;1-9(2)11-8-10-6-4-3-5-7-10;1-2;/h1-4H,5-8H2,(H,14,15);9-10H,1,3-8H2,2H3;1-2H3;/q2*-1;;. The van der Waals surface area contributed by atoms with E-state index in [4.69, 9.17) is 9.84 Å². The molecule has 2 aliphatic rings. The molecule has 5 nitrogen and oxygen atoms in total. The average Bonchev–Trinajstić information content (AvgIpc) is 2.75. The number of carbonyl (C=O) groups is 1. The first-order chi connectivity index (χ1) is 13.6. The van der Waals surface area contributed by atoms with E-state index in [9.17, 15) is 4.79 Å². The van der Waals surface area contributed by atoms with Crippen LogP contribution < -0.4 is 4.90 Å². The Labute approximate surface area is 202 Å². The van der Waals surface area contributed by atoms with Crippen molar-refractivity contribution in [1.29, 1.82) is 0 Å². The molecule has 163 valence electrons. The average molecular weight is 479 g/mol. The number of benzene rings is 1. The molecule has 1 aliphatic heterocycles. The van der Waals surface area contributed by atoms with Gasteiger partial charge in [0, 0.05) is 45.0 Å². The SMILES string of the molecule is CC.O=C(O)c1ccc(N2CC[N-]CC2)cc1.[CH2-]C(C)OCC1CCCCC1.[Y]. The summed E-state index contributed by atoms with van der Waals surface area (Å²) in [6, 6.07) is 7.00. The minimum Gasteiger partial charge on any atom is -0.659 e. The van der Waals surface area contributed by atoms with E-state index in [-0.39, 0.29) is 38.8 Å². The van der Waals surface area contributed by atoms with Gasteiger partial charge in [-0.25, -0.2) is 4.79 Å². The summed E-state index contributed by atoms with van der Waals surface area (Å²) < 4.78 is 5.47. The van der Waals surface area contributed by atoms with Crippen LogP contribution in [0.4, 0.5) is 5.69 Å². The maximum atomic E-state index is 10.7. The molecule has 1 heterocycles. The maximum Gasteiger partial charge on any atom is 0.335 e. The fourth-order valence-electron chi connectivity index (χ4n) is 3.33. The number of carboxylic acid groups (broad SMARTS) is 1. The molecule has 1 unspecified atom stereocenters. The van der Waals surface area contributed by atoms with Gasteiger partial charge in [-0.05, 0) is 56.1 Å². The Bertz CT molecular complexity index is 525. The molecule has 0 amide bonds. The van der Waals surface area contributed by atoms with Crippen molar-refractivity contribution in [2.75, 3.05) is 37.7 Å². The number of rotatable bonds is 5. The van der Waals surface area contributed by atoms with E-state index in [1.54, 1.807) is 12.1 Å². The molecule has 1 saturated heterocycles. The Morgan fingerprint density at radius 2 is 1.72 bits per heavy atom. The summed E-state index contributed by atoms with van der Waals surface area (Å²) in [5.74, 6) is -0.0526. The summed E-state index contributed by atoms with van der Waals surface area (Å²) in [7, 11) is 0. The van der Waals surface area contributed by atoms with Crippen LogP contribution >= 0.6 is 0 Å². The van der Waals surface area contributed by atoms with E-state index in [1.165, 1.54) is 32.1 Å². The van der Waals surface area contributed by atoms with Gasteiger partial charge in [0.15, 0.2) is 0 Å². The molecule has 29 heavy (non-hydrogen) atoms. The molecule has 0 spiro atoms. The van der Waals surface area contributed by atoms with E-state index in [0.717, 1.165) is 44.4 Å². The summed E-state index contributed by atoms with van der Waals surface area (Å²) in [4.78, 5) is 12.9. The van der Waals surface area contributed by atoms with E-state index in [2.05, 4.69) is 17.1 Å². The molecule has 1 atom stereocenters. The van der Waals surface area contributed by atoms with Crippen molar-refractivity contribution in [1.82, 2.24) is 0 Å². The molecule has 1 aromatic rings. The van der Waals surface area contributed by atoms with Gasteiger partial charge in [0.1, 0.15) is 0 Å². The van der Waals surface area contributed by atoms with Crippen LogP contribution in [0.2, 0.25) is 0 Å². The van der Waals surface area contributed by atoms with E-state index in [0.29, 0.717) is 5.56 Å². The van der Waals surface area contributed by atoms with E-state index < -0.39 is 5.97 Å². The minimum atomic E-state index is -0.879. The first-order valence-corrected chi connectivity index (χ1v) is 10.7. The molecule has 0 bridgehead atoms. The Hall–Kier alpha value is -0.486. The summed E-state index contributed by atoms with van der Waals surface area (Å²) in [5, 5.41) is 13.0. The monoisotopic (exact) mass is 479 g/mol. The molecule has 3 rings (SSSR count). The van der Waals surface area contributed by atoms with Crippen LogP contribution in [-0.2, 0) is 37.4 Å². The molecule has 1 saturated carbocycles. The normalized spacial score (nSPS) is 17.6. The van der Waals surface area contributed by atoms with Gasteiger partial charge in [-0.15, -0.1) is 13.1 Å².